The Morgan fingerprint density at radius 1 is 1.28 bits per heavy atom. The molecule has 2 rings (SSSR count). The molecular formula is C19H30ClN3O2. The van der Waals surface area contributed by atoms with E-state index in [4.69, 9.17) is 0 Å². The number of nitrogens with one attached hydrogen (secondary N) is 2. The summed E-state index contributed by atoms with van der Waals surface area (Å²) in [5, 5.41) is 6.33. The van der Waals surface area contributed by atoms with Gasteiger partial charge in [-0.25, -0.2) is 0 Å². The molecule has 0 bridgehead atoms. The van der Waals surface area contributed by atoms with Gasteiger partial charge in [0.1, 0.15) is 0 Å². The molecule has 0 radical (unpaired) electrons. The number of piperidine rings is 1. The Morgan fingerprint density at radius 2 is 1.92 bits per heavy atom. The van der Waals surface area contributed by atoms with Gasteiger partial charge in [0.2, 0.25) is 5.91 Å². The Kier molecular flexibility index (Phi) is 8.39. The van der Waals surface area contributed by atoms with Crippen molar-refractivity contribution in [1.29, 1.82) is 0 Å². The molecule has 1 unspecified atom stereocenters. The van der Waals surface area contributed by atoms with Crippen molar-refractivity contribution < 1.29 is 9.59 Å². The van der Waals surface area contributed by atoms with E-state index in [0.717, 1.165) is 37.2 Å². The minimum atomic E-state index is -0.0232. The van der Waals surface area contributed by atoms with E-state index in [1.165, 1.54) is 0 Å². The molecule has 0 saturated carbocycles. The summed E-state index contributed by atoms with van der Waals surface area (Å²) in [5.74, 6) is 1.04. The van der Waals surface area contributed by atoms with Crippen LogP contribution in [0, 0.1) is 18.8 Å². The summed E-state index contributed by atoms with van der Waals surface area (Å²) in [6.45, 7) is 6.16. The molecule has 2 amide bonds. The van der Waals surface area contributed by atoms with Crippen molar-refractivity contribution in [2.24, 2.45) is 11.8 Å². The molecule has 6 heteroatoms. The van der Waals surface area contributed by atoms with Crippen molar-refractivity contribution in [3.05, 3.63) is 29.3 Å². The van der Waals surface area contributed by atoms with E-state index < -0.39 is 0 Å². The minimum Gasteiger partial charge on any atom is -0.345 e. The van der Waals surface area contributed by atoms with Gasteiger partial charge in [-0.05, 0) is 68.5 Å². The first-order valence-electron chi connectivity index (χ1n) is 8.71. The van der Waals surface area contributed by atoms with Crippen LogP contribution in [0.5, 0.6) is 0 Å². The fraction of sp³-hybridized carbons (Fsp3) is 0.579. The highest BCUT2D eigenvalue weighted by Crippen LogP contribution is 2.25. The third-order valence-electron chi connectivity index (χ3n) is 4.84. The van der Waals surface area contributed by atoms with Gasteiger partial charge < -0.3 is 15.5 Å². The summed E-state index contributed by atoms with van der Waals surface area (Å²) < 4.78 is 0. The number of hydrogen-bond acceptors (Lipinski definition) is 3. The van der Waals surface area contributed by atoms with Crippen LogP contribution in [0.2, 0.25) is 0 Å². The molecule has 0 aliphatic carbocycles. The van der Waals surface area contributed by atoms with Crippen molar-refractivity contribution in [3.63, 3.8) is 0 Å². The number of hydrogen-bond donors (Lipinski definition) is 2. The zero-order chi connectivity index (χ0) is 17.7. The second-order valence-corrected chi connectivity index (χ2v) is 7.05. The molecule has 1 atom stereocenters. The highest BCUT2D eigenvalue weighted by Gasteiger charge is 2.22. The SMILES string of the molecule is Cc1cc(NC(=O)CC(C)C2CCNCC2)ccc1C(=O)N(C)C.Cl. The molecule has 1 saturated heterocycles. The van der Waals surface area contributed by atoms with Crippen LogP contribution >= 0.6 is 12.4 Å². The number of carbonyl (C=O) groups is 2. The molecule has 1 fully saturated rings. The van der Waals surface area contributed by atoms with E-state index in [2.05, 4.69) is 17.6 Å². The normalized spacial score (nSPS) is 15.8. The number of benzene rings is 1. The summed E-state index contributed by atoms with van der Waals surface area (Å²) in [6.07, 6.45) is 2.84. The monoisotopic (exact) mass is 367 g/mol. The van der Waals surface area contributed by atoms with Gasteiger partial charge in [0.15, 0.2) is 0 Å². The van der Waals surface area contributed by atoms with Gasteiger partial charge in [-0.2, -0.15) is 0 Å². The van der Waals surface area contributed by atoms with E-state index in [9.17, 15) is 9.59 Å². The lowest BCUT2D eigenvalue weighted by molar-refractivity contribution is -0.117. The molecular weight excluding hydrogens is 338 g/mol. The van der Waals surface area contributed by atoms with Crippen molar-refractivity contribution in [3.8, 4) is 0 Å². The quantitative estimate of drug-likeness (QED) is 0.840. The second-order valence-electron chi connectivity index (χ2n) is 7.05. The van der Waals surface area contributed by atoms with Crippen LogP contribution in [0.25, 0.3) is 0 Å². The molecule has 0 aromatic heterocycles. The molecule has 5 nitrogen and oxygen atoms in total. The van der Waals surface area contributed by atoms with Gasteiger partial charge >= 0.3 is 0 Å². The lowest BCUT2D eigenvalue weighted by atomic mass is 9.84. The zero-order valence-corrected chi connectivity index (χ0v) is 16.4. The van der Waals surface area contributed by atoms with Gasteiger partial charge in [0.05, 0.1) is 0 Å². The first-order valence-corrected chi connectivity index (χ1v) is 8.71. The third kappa shape index (κ3) is 6.01. The first kappa shape index (κ1) is 21.5. The number of anilines is 1. The topological polar surface area (TPSA) is 61.4 Å². The lowest BCUT2D eigenvalue weighted by Gasteiger charge is -2.27. The number of nitrogens with zero attached hydrogens (tertiary/aromatic N) is 1. The molecule has 1 heterocycles. The molecule has 1 aromatic carbocycles. The number of rotatable bonds is 5. The van der Waals surface area contributed by atoms with Crippen molar-refractivity contribution in [2.45, 2.75) is 33.1 Å². The molecule has 140 valence electrons. The van der Waals surface area contributed by atoms with Gasteiger partial charge in [-0.1, -0.05) is 6.92 Å². The van der Waals surface area contributed by atoms with Crippen molar-refractivity contribution in [1.82, 2.24) is 10.2 Å². The summed E-state index contributed by atoms with van der Waals surface area (Å²) in [4.78, 5) is 25.9. The molecule has 2 N–H and O–H groups in total. The Hall–Kier alpha value is -1.59. The van der Waals surface area contributed by atoms with Gasteiger partial charge in [-0.3, -0.25) is 9.59 Å². The van der Waals surface area contributed by atoms with Crippen LogP contribution in [0.15, 0.2) is 18.2 Å². The van der Waals surface area contributed by atoms with Crippen LogP contribution in [0.3, 0.4) is 0 Å². The lowest BCUT2D eigenvalue weighted by Crippen LogP contribution is -2.32. The maximum atomic E-state index is 12.3. The van der Waals surface area contributed by atoms with E-state index in [1.54, 1.807) is 31.1 Å². The van der Waals surface area contributed by atoms with Crippen LogP contribution in [-0.2, 0) is 4.79 Å². The number of carbonyl (C=O) groups excluding carboxylic acids is 2. The highest BCUT2D eigenvalue weighted by molar-refractivity contribution is 5.97. The van der Waals surface area contributed by atoms with E-state index in [1.807, 2.05) is 13.0 Å². The van der Waals surface area contributed by atoms with E-state index >= 15 is 0 Å². The molecule has 1 aromatic rings. The van der Waals surface area contributed by atoms with E-state index in [0.29, 0.717) is 23.8 Å². The molecule has 1 aliphatic heterocycles. The Labute approximate surface area is 157 Å². The average molecular weight is 368 g/mol. The summed E-state index contributed by atoms with van der Waals surface area (Å²) in [6, 6.07) is 5.45. The molecule has 25 heavy (non-hydrogen) atoms. The van der Waals surface area contributed by atoms with Crippen molar-refractivity contribution in [2.75, 3.05) is 32.5 Å². The van der Waals surface area contributed by atoms with Gasteiger partial charge in [0.25, 0.3) is 5.91 Å². The van der Waals surface area contributed by atoms with E-state index in [-0.39, 0.29) is 24.2 Å². The summed E-state index contributed by atoms with van der Waals surface area (Å²) in [7, 11) is 3.47. The predicted octanol–water partition coefficient (Wildman–Crippen LogP) is 3.08. The van der Waals surface area contributed by atoms with Gasteiger partial charge in [0, 0.05) is 31.8 Å². The third-order valence-corrected chi connectivity index (χ3v) is 4.84. The Morgan fingerprint density at radius 3 is 2.48 bits per heavy atom. The fourth-order valence-electron chi connectivity index (χ4n) is 3.31. The van der Waals surface area contributed by atoms with Crippen LogP contribution in [0.1, 0.15) is 42.1 Å². The largest absolute Gasteiger partial charge is 0.345 e. The zero-order valence-electron chi connectivity index (χ0n) is 15.6. The van der Waals surface area contributed by atoms with Crippen LogP contribution < -0.4 is 10.6 Å². The van der Waals surface area contributed by atoms with Gasteiger partial charge in [-0.15, -0.1) is 12.4 Å². The summed E-state index contributed by atoms with van der Waals surface area (Å²) in [5.41, 5.74) is 2.30. The number of aryl methyl sites for hydroxylation is 1. The minimum absolute atomic E-state index is 0. The molecule has 0 spiro atoms. The Bertz CT molecular complexity index is 598. The Balaban J connectivity index is 0.00000312. The predicted molar refractivity (Wildman–Crippen MR) is 104 cm³/mol. The summed E-state index contributed by atoms with van der Waals surface area (Å²) >= 11 is 0. The molecule has 1 aliphatic rings. The maximum Gasteiger partial charge on any atom is 0.253 e. The van der Waals surface area contributed by atoms with Crippen LogP contribution in [-0.4, -0.2) is 43.9 Å². The standard InChI is InChI=1S/C19H29N3O2.ClH/c1-13(15-7-9-20-10-8-15)12-18(23)21-16-5-6-17(14(2)11-16)19(24)22(3)4;/h5-6,11,13,15,20H,7-10,12H2,1-4H3,(H,21,23);1H. The number of amides is 2. The number of halogens is 1. The fourth-order valence-corrected chi connectivity index (χ4v) is 3.31. The van der Waals surface area contributed by atoms with Crippen LogP contribution in [0.4, 0.5) is 5.69 Å². The van der Waals surface area contributed by atoms with Crippen molar-refractivity contribution >= 4 is 29.9 Å². The smallest absolute Gasteiger partial charge is 0.253 e. The average Bonchev–Trinajstić information content (AvgIpc) is 2.55. The maximum absolute atomic E-state index is 12.3. The highest BCUT2D eigenvalue weighted by atomic mass is 35.5. The second kappa shape index (κ2) is 9.78. The first-order chi connectivity index (χ1) is 11.4.